The van der Waals surface area contributed by atoms with Gasteiger partial charge in [0.2, 0.25) is 0 Å². The molecule has 1 aliphatic rings. The molecule has 3 aromatic carbocycles. The number of carbonyl (C=O) groups excluding carboxylic acids is 1. The molecule has 1 aromatic heterocycles. The van der Waals surface area contributed by atoms with E-state index >= 15 is 0 Å². The number of hydrogen-bond acceptors (Lipinski definition) is 4. The number of rotatable bonds is 8. The van der Waals surface area contributed by atoms with Crippen molar-refractivity contribution in [2.75, 3.05) is 6.61 Å². The number of ether oxygens (including phenoxy) is 1. The third-order valence-electron chi connectivity index (χ3n) is 7.00. The first-order valence-corrected chi connectivity index (χ1v) is 12.9. The molecule has 1 unspecified atom stereocenters. The van der Waals surface area contributed by atoms with E-state index in [0.29, 0.717) is 30.1 Å². The Kier molecular flexibility index (Phi) is 6.74. The van der Waals surface area contributed by atoms with Crippen LogP contribution in [-0.4, -0.2) is 32.7 Å². The molecule has 6 nitrogen and oxygen atoms in total. The van der Waals surface area contributed by atoms with Crippen LogP contribution >= 0.6 is 0 Å². The summed E-state index contributed by atoms with van der Waals surface area (Å²) < 4.78 is 5.88. The van der Waals surface area contributed by atoms with Crippen molar-refractivity contribution in [1.29, 1.82) is 0 Å². The van der Waals surface area contributed by atoms with Crippen LogP contribution in [0.25, 0.3) is 11.3 Å². The van der Waals surface area contributed by atoms with Gasteiger partial charge in [-0.15, -0.1) is 0 Å². The number of amides is 1. The molecule has 190 valence electrons. The number of aromatic amines is 1. The van der Waals surface area contributed by atoms with Gasteiger partial charge in [0.15, 0.2) is 0 Å². The normalized spacial score (nSPS) is 14.8. The number of aromatic nitrogens is 2. The fourth-order valence-corrected chi connectivity index (χ4v) is 5.12. The van der Waals surface area contributed by atoms with Gasteiger partial charge < -0.3 is 14.7 Å². The summed E-state index contributed by atoms with van der Waals surface area (Å²) in [5, 5.41) is 18.4. The second-order valence-electron chi connectivity index (χ2n) is 9.93. The molecule has 0 spiro atoms. The summed E-state index contributed by atoms with van der Waals surface area (Å²) in [6.07, 6.45) is 2.08. The molecule has 1 amide bonds. The van der Waals surface area contributed by atoms with Gasteiger partial charge in [0.25, 0.3) is 5.91 Å². The highest BCUT2D eigenvalue weighted by atomic mass is 16.5. The predicted octanol–water partition coefficient (Wildman–Crippen LogP) is 6.63. The van der Waals surface area contributed by atoms with Crippen LogP contribution in [0.1, 0.15) is 69.7 Å². The molecule has 0 fully saturated rings. The number of nitrogens with zero attached hydrogens (tertiary/aromatic N) is 2. The first-order chi connectivity index (χ1) is 17.9. The molecule has 0 saturated carbocycles. The Morgan fingerprint density at radius 3 is 2.41 bits per heavy atom. The van der Waals surface area contributed by atoms with E-state index in [4.69, 9.17) is 4.74 Å². The van der Waals surface area contributed by atoms with Crippen LogP contribution in [0.5, 0.6) is 11.5 Å². The molecular formula is C31H33N3O3. The summed E-state index contributed by atoms with van der Waals surface area (Å²) in [4.78, 5) is 15.6. The van der Waals surface area contributed by atoms with Crippen molar-refractivity contribution in [3.63, 3.8) is 0 Å². The van der Waals surface area contributed by atoms with Crippen LogP contribution in [0, 0.1) is 20.8 Å². The third-order valence-corrected chi connectivity index (χ3v) is 7.00. The number of phenols is 1. The lowest BCUT2D eigenvalue weighted by molar-refractivity contribution is 0.0730. The summed E-state index contributed by atoms with van der Waals surface area (Å²) in [6.45, 7) is 9.24. The predicted molar refractivity (Wildman–Crippen MR) is 145 cm³/mol. The van der Waals surface area contributed by atoms with Crippen LogP contribution < -0.4 is 4.74 Å². The Labute approximate surface area is 217 Å². The molecule has 0 saturated heterocycles. The van der Waals surface area contributed by atoms with Gasteiger partial charge in [-0.05, 0) is 67.6 Å². The Bertz CT molecular complexity index is 1400. The quantitative estimate of drug-likeness (QED) is 0.269. The highest BCUT2D eigenvalue weighted by Gasteiger charge is 2.42. The summed E-state index contributed by atoms with van der Waals surface area (Å²) in [5.41, 5.74) is 7.59. The largest absolute Gasteiger partial charge is 0.507 e. The van der Waals surface area contributed by atoms with Crippen molar-refractivity contribution < 1.29 is 14.6 Å². The van der Waals surface area contributed by atoms with Crippen molar-refractivity contribution in [2.45, 2.75) is 53.1 Å². The van der Waals surface area contributed by atoms with Crippen LogP contribution in [0.4, 0.5) is 0 Å². The minimum atomic E-state index is -0.359. The summed E-state index contributed by atoms with van der Waals surface area (Å²) >= 11 is 0. The van der Waals surface area contributed by atoms with E-state index in [1.165, 1.54) is 5.56 Å². The summed E-state index contributed by atoms with van der Waals surface area (Å²) in [7, 11) is 0. The van der Waals surface area contributed by atoms with E-state index in [1.54, 1.807) is 6.07 Å². The van der Waals surface area contributed by atoms with Crippen LogP contribution in [0.2, 0.25) is 0 Å². The zero-order valence-corrected chi connectivity index (χ0v) is 21.8. The van der Waals surface area contributed by atoms with Gasteiger partial charge in [-0.25, -0.2) is 0 Å². The molecule has 1 atom stereocenters. The highest BCUT2D eigenvalue weighted by Crippen LogP contribution is 2.46. The van der Waals surface area contributed by atoms with Gasteiger partial charge in [-0.2, -0.15) is 5.10 Å². The molecule has 37 heavy (non-hydrogen) atoms. The lowest BCUT2D eigenvalue weighted by Gasteiger charge is -2.27. The minimum absolute atomic E-state index is 0.105. The Morgan fingerprint density at radius 2 is 1.73 bits per heavy atom. The fourth-order valence-electron chi connectivity index (χ4n) is 5.12. The van der Waals surface area contributed by atoms with Crippen LogP contribution in [0.15, 0.2) is 60.7 Å². The molecule has 2 heterocycles. The van der Waals surface area contributed by atoms with Crippen molar-refractivity contribution >= 4 is 5.91 Å². The number of phenolic OH excluding ortho intramolecular Hbond substituents is 1. The number of nitrogens with one attached hydrogen (secondary N) is 1. The monoisotopic (exact) mass is 495 g/mol. The number of H-pyrrole nitrogens is 1. The van der Waals surface area contributed by atoms with E-state index in [2.05, 4.69) is 48.3 Å². The van der Waals surface area contributed by atoms with Crippen molar-refractivity contribution in [1.82, 2.24) is 15.1 Å². The van der Waals surface area contributed by atoms with E-state index in [0.717, 1.165) is 46.4 Å². The zero-order valence-electron chi connectivity index (χ0n) is 21.8. The number of carbonyl (C=O) groups is 1. The molecule has 4 aromatic rings. The van der Waals surface area contributed by atoms with Crippen molar-refractivity contribution in [2.24, 2.45) is 0 Å². The zero-order chi connectivity index (χ0) is 26.1. The van der Waals surface area contributed by atoms with Gasteiger partial charge in [0, 0.05) is 17.7 Å². The number of aromatic hydroxyl groups is 1. The lowest BCUT2D eigenvalue weighted by atomic mass is 9.93. The molecule has 0 radical (unpaired) electrons. The maximum Gasteiger partial charge on any atom is 0.273 e. The lowest BCUT2D eigenvalue weighted by Crippen LogP contribution is -2.29. The standard InChI is InChI=1S/C31H33N3O3/c1-5-6-15-37-24-13-11-23(12-14-24)30-27-28(26-21(4)16-20(3)17-25(26)35)32-33-29(27)31(36)34(30)18-22-9-7-19(2)8-10-22/h7-14,16-17,30,35H,5-6,15,18H2,1-4H3,(H,32,33). The van der Waals surface area contributed by atoms with E-state index in [-0.39, 0.29) is 17.7 Å². The number of hydrogen-bond donors (Lipinski definition) is 2. The average molecular weight is 496 g/mol. The molecular weight excluding hydrogens is 462 g/mol. The molecule has 0 aliphatic carbocycles. The topological polar surface area (TPSA) is 78.5 Å². The Hall–Kier alpha value is -4.06. The minimum Gasteiger partial charge on any atom is -0.507 e. The second kappa shape index (κ2) is 10.1. The van der Waals surface area contributed by atoms with Gasteiger partial charge in [-0.1, -0.05) is 61.4 Å². The van der Waals surface area contributed by atoms with Crippen LogP contribution in [-0.2, 0) is 6.54 Å². The summed E-state index contributed by atoms with van der Waals surface area (Å²) in [6, 6.07) is 19.6. The Balaban J connectivity index is 1.60. The van der Waals surface area contributed by atoms with Crippen molar-refractivity contribution in [3.8, 4) is 22.8 Å². The van der Waals surface area contributed by atoms with E-state index < -0.39 is 0 Å². The molecule has 6 heteroatoms. The number of fused-ring (bicyclic) bond motifs is 1. The first-order valence-electron chi connectivity index (χ1n) is 12.9. The fraction of sp³-hybridized carbons (Fsp3) is 0.290. The Morgan fingerprint density at radius 1 is 1.00 bits per heavy atom. The molecule has 2 N–H and O–H groups in total. The smallest absolute Gasteiger partial charge is 0.273 e. The maximum atomic E-state index is 13.7. The van der Waals surface area contributed by atoms with Crippen molar-refractivity contribution in [3.05, 3.63) is 99.7 Å². The highest BCUT2D eigenvalue weighted by molar-refractivity contribution is 6.00. The van der Waals surface area contributed by atoms with Gasteiger partial charge >= 0.3 is 0 Å². The third kappa shape index (κ3) is 4.71. The number of aryl methyl sites for hydroxylation is 3. The number of unbranched alkanes of at least 4 members (excludes halogenated alkanes) is 1. The second-order valence-corrected chi connectivity index (χ2v) is 9.93. The molecule has 5 rings (SSSR count). The SMILES string of the molecule is CCCCOc1ccc(C2c3c(-c4c(C)cc(C)cc4O)n[nH]c3C(=O)N2Cc2ccc(C)cc2)cc1. The summed E-state index contributed by atoms with van der Waals surface area (Å²) in [5.74, 6) is 0.868. The van der Waals surface area contributed by atoms with E-state index in [1.807, 2.05) is 49.1 Å². The number of benzene rings is 3. The van der Waals surface area contributed by atoms with Crippen LogP contribution in [0.3, 0.4) is 0 Å². The average Bonchev–Trinajstić information content (AvgIpc) is 3.40. The molecule has 0 bridgehead atoms. The maximum absolute atomic E-state index is 13.7. The first kappa shape index (κ1) is 24.6. The van der Waals surface area contributed by atoms with Gasteiger partial charge in [-0.3, -0.25) is 9.89 Å². The van der Waals surface area contributed by atoms with Gasteiger partial charge in [0.1, 0.15) is 22.9 Å². The molecule has 1 aliphatic heterocycles. The van der Waals surface area contributed by atoms with Gasteiger partial charge in [0.05, 0.1) is 12.6 Å². The van der Waals surface area contributed by atoms with E-state index in [9.17, 15) is 9.90 Å².